The van der Waals surface area contributed by atoms with Crippen molar-refractivity contribution in [2.45, 2.75) is 44.7 Å². The first-order chi connectivity index (χ1) is 7.22. The van der Waals surface area contributed by atoms with Crippen LogP contribution in [-0.2, 0) is 12.8 Å². The summed E-state index contributed by atoms with van der Waals surface area (Å²) < 4.78 is 0. The highest BCUT2D eigenvalue weighted by atomic mass is 35.5. The second-order valence-electron chi connectivity index (χ2n) is 4.62. The van der Waals surface area contributed by atoms with Gasteiger partial charge in [-0.3, -0.25) is 4.79 Å². The molecule has 2 atom stereocenters. The van der Waals surface area contributed by atoms with Crippen LogP contribution in [0.3, 0.4) is 0 Å². The minimum Gasteiger partial charge on any atom is -0.311 e. The molecule has 3 heterocycles. The number of hydrogen-bond donors (Lipinski definition) is 2. The predicted octanol–water partition coefficient (Wildman–Crippen LogP) is 1.14. The van der Waals surface area contributed by atoms with E-state index in [4.69, 9.17) is 0 Å². The second-order valence-corrected chi connectivity index (χ2v) is 4.62. The van der Waals surface area contributed by atoms with E-state index in [1.165, 1.54) is 12.8 Å². The molecule has 2 aliphatic rings. The Hall–Kier alpha value is -0.580. The first-order valence-corrected chi connectivity index (χ1v) is 5.57. The molecule has 0 saturated carbocycles. The molecule has 6 heteroatoms. The molecule has 1 aromatic heterocycles. The molecule has 0 radical (unpaired) electrons. The molecule has 1 fully saturated rings. The van der Waals surface area contributed by atoms with E-state index < -0.39 is 0 Å². The predicted molar refractivity (Wildman–Crippen MR) is 71.4 cm³/mol. The summed E-state index contributed by atoms with van der Waals surface area (Å²) in [4.78, 5) is 19.0. The van der Waals surface area contributed by atoms with E-state index in [0.29, 0.717) is 12.1 Å². The van der Waals surface area contributed by atoms with Crippen LogP contribution in [0.1, 0.15) is 29.9 Å². The summed E-state index contributed by atoms with van der Waals surface area (Å²) in [6, 6.07) is 1.02. The van der Waals surface area contributed by atoms with E-state index in [9.17, 15) is 4.79 Å². The van der Waals surface area contributed by atoms with Crippen LogP contribution in [0.5, 0.6) is 0 Å². The van der Waals surface area contributed by atoms with Crippen molar-refractivity contribution >= 4 is 24.8 Å². The third-order valence-electron chi connectivity index (χ3n) is 3.44. The highest BCUT2D eigenvalue weighted by molar-refractivity contribution is 5.85. The number of aromatic amines is 1. The number of aryl methyl sites for hydroxylation is 1. The molecule has 0 spiro atoms. The van der Waals surface area contributed by atoms with Crippen molar-refractivity contribution in [1.29, 1.82) is 0 Å². The van der Waals surface area contributed by atoms with Crippen molar-refractivity contribution in [3.63, 3.8) is 0 Å². The number of H-pyrrole nitrogens is 1. The fourth-order valence-corrected chi connectivity index (χ4v) is 2.75. The third-order valence-corrected chi connectivity index (χ3v) is 3.44. The molecular weight excluding hydrogens is 261 g/mol. The molecular formula is C11H17Cl2N3O. The average molecular weight is 278 g/mol. The van der Waals surface area contributed by atoms with Crippen LogP contribution in [0, 0.1) is 6.92 Å². The maximum absolute atomic E-state index is 11.8. The molecule has 0 aromatic carbocycles. The molecule has 3 rings (SSSR count). The molecule has 1 aromatic rings. The Morgan fingerprint density at radius 1 is 1.18 bits per heavy atom. The lowest BCUT2D eigenvalue weighted by Crippen LogP contribution is -2.29. The monoisotopic (exact) mass is 277 g/mol. The fourth-order valence-electron chi connectivity index (χ4n) is 2.75. The van der Waals surface area contributed by atoms with Crippen molar-refractivity contribution in [1.82, 2.24) is 15.3 Å². The standard InChI is InChI=1S/C11H15N3O.2ClH/c1-6-12-10-5-8-3-2-7(14-8)4-9(10)11(15)13-6;;/h7-8,14H,2-5H2,1H3,(H,12,13,15);2*1H. The minimum atomic E-state index is 0. The summed E-state index contributed by atoms with van der Waals surface area (Å²) in [6.45, 7) is 1.85. The number of hydrogen-bond acceptors (Lipinski definition) is 3. The van der Waals surface area contributed by atoms with Gasteiger partial charge < -0.3 is 10.3 Å². The Bertz CT molecular complexity index is 461. The van der Waals surface area contributed by atoms with Gasteiger partial charge in [0.05, 0.1) is 5.69 Å². The number of nitrogens with zero attached hydrogens (tertiary/aromatic N) is 1. The van der Waals surface area contributed by atoms with Crippen LogP contribution in [0.15, 0.2) is 4.79 Å². The van der Waals surface area contributed by atoms with Gasteiger partial charge in [0.2, 0.25) is 0 Å². The zero-order valence-electron chi connectivity index (χ0n) is 9.66. The topological polar surface area (TPSA) is 57.8 Å². The molecule has 4 nitrogen and oxygen atoms in total. The van der Waals surface area contributed by atoms with E-state index >= 15 is 0 Å². The first kappa shape index (κ1) is 14.5. The van der Waals surface area contributed by atoms with E-state index in [0.717, 1.165) is 29.9 Å². The maximum Gasteiger partial charge on any atom is 0.254 e. The van der Waals surface area contributed by atoms with Gasteiger partial charge in [0.15, 0.2) is 0 Å². The zero-order chi connectivity index (χ0) is 10.4. The van der Waals surface area contributed by atoms with E-state index in [2.05, 4.69) is 15.3 Å². The number of nitrogens with one attached hydrogen (secondary N) is 2. The average Bonchev–Trinajstić information content (AvgIpc) is 2.48. The smallest absolute Gasteiger partial charge is 0.254 e. The third kappa shape index (κ3) is 2.64. The van der Waals surface area contributed by atoms with Crippen LogP contribution in [0.25, 0.3) is 0 Å². The van der Waals surface area contributed by atoms with Crippen molar-refractivity contribution in [2.24, 2.45) is 0 Å². The van der Waals surface area contributed by atoms with Crippen molar-refractivity contribution in [2.75, 3.05) is 0 Å². The van der Waals surface area contributed by atoms with Gasteiger partial charge >= 0.3 is 0 Å². The zero-order valence-corrected chi connectivity index (χ0v) is 11.3. The van der Waals surface area contributed by atoms with Gasteiger partial charge in [-0.1, -0.05) is 0 Å². The molecule has 96 valence electrons. The summed E-state index contributed by atoms with van der Waals surface area (Å²) >= 11 is 0. The molecule has 2 bridgehead atoms. The van der Waals surface area contributed by atoms with Gasteiger partial charge in [0, 0.05) is 24.1 Å². The van der Waals surface area contributed by atoms with Crippen LogP contribution in [-0.4, -0.2) is 22.1 Å². The minimum absolute atomic E-state index is 0. The van der Waals surface area contributed by atoms with Gasteiger partial charge in [-0.05, 0) is 26.2 Å². The molecule has 2 N–H and O–H groups in total. The van der Waals surface area contributed by atoms with Gasteiger partial charge in [-0.25, -0.2) is 4.98 Å². The van der Waals surface area contributed by atoms with Crippen LogP contribution >= 0.6 is 24.8 Å². The maximum atomic E-state index is 11.8. The Labute approximate surface area is 112 Å². The summed E-state index contributed by atoms with van der Waals surface area (Å²) in [5.74, 6) is 0.733. The molecule has 2 aliphatic heterocycles. The largest absolute Gasteiger partial charge is 0.311 e. The normalized spacial score (nSPS) is 25.2. The molecule has 1 saturated heterocycles. The highest BCUT2D eigenvalue weighted by Crippen LogP contribution is 2.23. The molecule has 17 heavy (non-hydrogen) atoms. The van der Waals surface area contributed by atoms with Gasteiger partial charge in [-0.2, -0.15) is 0 Å². The number of aromatic nitrogens is 2. The van der Waals surface area contributed by atoms with E-state index in [1.807, 2.05) is 6.92 Å². The number of halogens is 2. The Morgan fingerprint density at radius 3 is 2.53 bits per heavy atom. The Morgan fingerprint density at radius 2 is 1.82 bits per heavy atom. The van der Waals surface area contributed by atoms with Crippen molar-refractivity contribution in [3.8, 4) is 0 Å². The number of rotatable bonds is 0. The van der Waals surface area contributed by atoms with Crippen LogP contribution in [0.2, 0.25) is 0 Å². The quantitative estimate of drug-likeness (QED) is 0.748. The lowest BCUT2D eigenvalue weighted by molar-refractivity contribution is 0.552. The van der Waals surface area contributed by atoms with Crippen LogP contribution in [0.4, 0.5) is 0 Å². The van der Waals surface area contributed by atoms with Gasteiger partial charge in [0.1, 0.15) is 5.82 Å². The first-order valence-electron chi connectivity index (χ1n) is 5.57. The summed E-state index contributed by atoms with van der Waals surface area (Å²) in [6.07, 6.45) is 4.17. The lowest BCUT2D eigenvalue weighted by Gasteiger charge is -2.10. The van der Waals surface area contributed by atoms with E-state index in [1.54, 1.807) is 0 Å². The van der Waals surface area contributed by atoms with Crippen molar-refractivity contribution < 1.29 is 0 Å². The van der Waals surface area contributed by atoms with Crippen molar-refractivity contribution in [3.05, 3.63) is 27.4 Å². The Kier molecular flexibility index (Phi) is 4.58. The number of fused-ring (bicyclic) bond motifs is 3. The molecule has 2 unspecified atom stereocenters. The van der Waals surface area contributed by atoms with Crippen LogP contribution < -0.4 is 10.9 Å². The Balaban J connectivity index is 0.000000722. The highest BCUT2D eigenvalue weighted by Gasteiger charge is 2.30. The van der Waals surface area contributed by atoms with E-state index in [-0.39, 0.29) is 30.4 Å². The summed E-state index contributed by atoms with van der Waals surface area (Å²) in [5.41, 5.74) is 1.98. The summed E-state index contributed by atoms with van der Waals surface area (Å²) in [5, 5.41) is 3.55. The molecule has 0 aliphatic carbocycles. The summed E-state index contributed by atoms with van der Waals surface area (Å²) in [7, 11) is 0. The lowest BCUT2D eigenvalue weighted by atomic mass is 9.98. The molecule has 0 amide bonds. The van der Waals surface area contributed by atoms with Gasteiger partial charge in [-0.15, -0.1) is 24.8 Å². The SMILES string of the molecule is Cc1nc2c(c(=O)[nH]1)CC1CCC(C2)N1.Cl.Cl. The van der Waals surface area contributed by atoms with Gasteiger partial charge in [0.25, 0.3) is 5.56 Å². The fraction of sp³-hybridized carbons (Fsp3) is 0.636. The second kappa shape index (κ2) is 5.38.